The second-order valence-corrected chi connectivity index (χ2v) is 2.41. The Balaban J connectivity index is 0. The minimum Gasteiger partial charge on any atom is -1.00 e. The van der Waals surface area contributed by atoms with Crippen molar-refractivity contribution < 1.29 is 17.1 Å². The molecule has 0 radical (unpaired) electrons. The number of hydrogen-bond donors (Lipinski definition) is 0. The Hall–Kier alpha value is 0.0762. The van der Waals surface area contributed by atoms with E-state index in [1.807, 2.05) is 38.1 Å². The zero-order chi connectivity index (χ0) is 7.40. The maximum atomic E-state index is 5.38. The van der Waals surface area contributed by atoms with Gasteiger partial charge in [-0.05, 0) is 13.8 Å². The van der Waals surface area contributed by atoms with Gasteiger partial charge >= 0.3 is 23.1 Å². The molecular weight excluding hydrogens is 184 g/mol. The van der Waals surface area contributed by atoms with E-state index in [4.69, 9.17) is 4.74 Å². The Morgan fingerprint density at radius 2 is 2.08 bits per heavy atom. The molecule has 0 heterocycles. The quantitative estimate of drug-likeness (QED) is 0.429. The van der Waals surface area contributed by atoms with Crippen molar-refractivity contribution in [2.45, 2.75) is 20.0 Å². The molecular formula is C9H11ClMgO. The normalized spacial score (nSPS) is 8.25. The van der Waals surface area contributed by atoms with E-state index in [0.29, 0.717) is 0 Å². The van der Waals surface area contributed by atoms with Crippen LogP contribution < -0.4 is 17.1 Å². The molecule has 0 saturated heterocycles. The third kappa shape index (κ3) is 5.69. The van der Waals surface area contributed by atoms with E-state index in [9.17, 15) is 0 Å². The Morgan fingerprint density at radius 3 is 2.50 bits per heavy atom. The van der Waals surface area contributed by atoms with E-state index in [0.717, 1.165) is 5.75 Å². The van der Waals surface area contributed by atoms with Gasteiger partial charge < -0.3 is 17.1 Å². The largest absolute Gasteiger partial charge is 2.00 e. The summed E-state index contributed by atoms with van der Waals surface area (Å²) in [6.45, 7) is 4.01. The molecule has 0 aromatic heterocycles. The second-order valence-electron chi connectivity index (χ2n) is 2.41. The summed E-state index contributed by atoms with van der Waals surface area (Å²) < 4.78 is 5.38. The smallest absolute Gasteiger partial charge is 1.00 e. The molecule has 0 fully saturated rings. The van der Waals surface area contributed by atoms with Crippen molar-refractivity contribution >= 4 is 23.1 Å². The molecule has 0 spiro atoms. The molecule has 0 aliphatic carbocycles. The number of rotatable bonds is 2. The summed E-state index contributed by atoms with van der Waals surface area (Å²) in [6, 6.07) is 10.5. The van der Waals surface area contributed by atoms with Gasteiger partial charge in [-0.25, -0.2) is 0 Å². The first-order valence-electron chi connectivity index (χ1n) is 3.42. The standard InChI is InChI=1S/C9H11O.ClH.Mg/c1-8(2)10-9-6-4-3-5-7-9;;/h3-4,6-8H,1-2H3;1H;/q-1;;+2/p-1. The van der Waals surface area contributed by atoms with Crippen molar-refractivity contribution in [1.29, 1.82) is 0 Å². The van der Waals surface area contributed by atoms with Crippen LogP contribution in [0, 0.1) is 6.07 Å². The van der Waals surface area contributed by atoms with Gasteiger partial charge in [0.15, 0.2) is 0 Å². The minimum atomic E-state index is 0. The summed E-state index contributed by atoms with van der Waals surface area (Å²) in [5, 5.41) is 0. The molecule has 0 unspecified atom stereocenters. The molecule has 1 nitrogen and oxygen atoms in total. The first-order valence-corrected chi connectivity index (χ1v) is 3.42. The average molecular weight is 195 g/mol. The molecule has 1 aromatic carbocycles. The van der Waals surface area contributed by atoms with Crippen LogP contribution in [0.4, 0.5) is 0 Å². The molecule has 0 bridgehead atoms. The molecule has 0 aliphatic rings. The van der Waals surface area contributed by atoms with Gasteiger partial charge in [-0.1, -0.05) is 0 Å². The van der Waals surface area contributed by atoms with E-state index < -0.39 is 0 Å². The van der Waals surface area contributed by atoms with Gasteiger partial charge in [-0.2, -0.15) is 18.2 Å². The fourth-order valence-electron chi connectivity index (χ4n) is 0.722. The summed E-state index contributed by atoms with van der Waals surface area (Å²) in [4.78, 5) is 0. The second kappa shape index (κ2) is 7.71. The van der Waals surface area contributed by atoms with Gasteiger partial charge in [0.2, 0.25) is 0 Å². The third-order valence-corrected chi connectivity index (χ3v) is 1.05. The van der Waals surface area contributed by atoms with Gasteiger partial charge in [0, 0.05) is 5.75 Å². The molecule has 0 atom stereocenters. The van der Waals surface area contributed by atoms with Crippen LogP contribution in [0.15, 0.2) is 24.3 Å². The molecule has 0 aliphatic heterocycles. The summed E-state index contributed by atoms with van der Waals surface area (Å²) in [6.07, 6.45) is 0.246. The predicted octanol–water partition coefficient (Wildman–Crippen LogP) is -1.10. The fourth-order valence-corrected chi connectivity index (χ4v) is 0.722. The molecule has 12 heavy (non-hydrogen) atoms. The van der Waals surface area contributed by atoms with Crippen LogP contribution in [0.5, 0.6) is 5.75 Å². The predicted molar refractivity (Wildman–Crippen MR) is 46.8 cm³/mol. The van der Waals surface area contributed by atoms with Crippen molar-refractivity contribution in [2.24, 2.45) is 0 Å². The average Bonchev–Trinajstić information content (AvgIpc) is 1.88. The topological polar surface area (TPSA) is 9.23 Å². The first-order chi connectivity index (χ1) is 4.79. The van der Waals surface area contributed by atoms with Crippen molar-refractivity contribution in [3.05, 3.63) is 30.3 Å². The third-order valence-electron chi connectivity index (χ3n) is 1.05. The molecule has 0 N–H and O–H groups in total. The Kier molecular flexibility index (Phi) is 9.38. The van der Waals surface area contributed by atoms with Crippen molar-refractivity contribution in [2.75, 3.05) is 0 Å². The van der Waals surface area contributed by atoms with Crippen LogP contribution >= 0.6 is 0 Å². The van der Waals surface area contributed by atoms with Crippen LogP contribution in [0.25, 0.3) is 0 Å². The molecule has 1 aromatic rings. The van der Waals surface area contributed by atoms with Crippen molar-refractivity contribution in [3.63, 3.8) is 0 Å². The van der Waals surface area contributed by atoms with E-state index in [1.54, 1.807) is 0 Å². The molecule has 0 saturated carbocycles. The zero-order valence-electron chi connectivity index (χ0n) is 7.38. The molecule has 3 heteroatoms. The van der Waals surface area contributed by atoms with Crippen LogP contribution in [0.1, 0.15) is 13.8 Å². The van der Waals surface area contributed by atoms with Gasteiger partial charge in [-0.3, -0.25) is 0 Å². The summed E-state index contributed by atoms with van der Waals surface area (Å²) >= 11 is 0. The molecule has 0 amide bonds. The zero-order valence-corrected chi connectivity index (χ0v) is 9.55. The number of benzene rings is 1. The number of ether oxygens (including phenoxy) is 1. The van der Waals surface area contributed by atoms with Crippen molar-refractivity contribution in [1.82, 2.24) is 0 Å². The van der Waals surface area contributed by atoms with Crippen LogP contribution in [0.2, 0.25) is 0 Å². The molecule has 62 valence electrons. The van der Waals surface area contributed by atoms with Crippen molar-refractivity contribution in [3.8, 4) is 5.75 Å². The molecule has 1 rings (SSSR count). The van der Waals surface area contributed by atoms with E-state index >= 15 is 0 Å². The van der Waals surface area contributed by atoms with Crippen LogP contribution in [0.3, 0.4) is 0 Å². The van der Waals surface area contributed by atoms with Gasteiger partial charge in [0.05, 0.1) is 6.10 Å². The maximum absolute atomic E-state index is 5.38. The van der Waals surface area contributed by atoms with Gasteiger partial charge in [0.1, 0.15) is 0 Å². The summed E-state index contributed by atoms with van der Waals surface area (Å²) in [7, 11) is 0. The van der Waals surface area contributed by atoms with Crippen LogP contribution in [-0.4, -0.2) is 29.2 Å². The Labute approximate surface area is 96.1 Å². The van der Waals surface area contributed by atoms with E-state index in [-0.39, 0.29) is 41.6 Å². The van der Waals surface area contributed by atoms with E-state index in [2.05, 4.69) is 6.07 Å². The Morgan fingerprint density at radius 1 is 1.42 bits per heavy atom. The first kappa shape index (κ1) is 14.6. The van der Waals surface area contributed by atoms with Gasteiger partial charge in [0.25, 0.3) is 0 Å². The number of halogens is 1. The van der Waals surface area contributed by atoms with E-state index in [1.165, 1.54) is 0 Å². The Bertz CT molecular complexity index is 189. The van der Waals surface area contributed by atoms with Crippen LogP contribution in [-0.2, 0) is 0 Å². The monoisotopic (exact) mass is 194 g/mol. The maximum Gasteiger partial charge on any atom is 2.00 e. The fraction of sp³-hybridized carbons (Fsp3) is 0.333. The summed E-state index contributed by atoms with van der Waals surface area (Å²) in [5.74, 6) is 0.887. The summed E-state index contributed by atoms with van der Waals surface area (Å²) in [5.41, 5.74) is 0. The minimum absolute atomic E-state index is 0. The van der Waals surface area contributed by atoms with Gasteiger partial charge in [-0.15, -0.1) is 12.1 Å². The SMILES string of the molecule is CC(C)Oc1c[c-]ccc1.[Cl-].[Mg+2]. The number of hydrogen-bond acceptors (Lipinski definition) is 1.